The molecular weight excluding hydrogens is 275 g/mol. The van der Waals surface area contributed by atoms with Crippen LogP contribution in [0.3, 0.4) is 0 Å². The van der Waals surface area contributed by atoms with Crippen LogP contribution < -0.4 is 0 Å². The van der Waals surface area contributed by atoms with Gasteiger partial charge in [-0.1, -0.05) is 27.2 Å². The van der Waals surface area contributed by atoms with Gasteiger partial charge in [0.05, 0.1) is 7.11 Å². The van der Waals surface area contributed by atoms with E-state index in [9.17, 15) is 22.8 Å². The SMILES string of the molecule is CC.CCCC(C)N(C(=O)C(F)(F)F)[C@@H](C)C(=O)OC. The van der Waals surface area contributed by atoms with Crippen LogP contribution in [0.25, 0.3) is 0 Å². The first-order valence-electron chi connectivity index (χ1n) is 6.64. The summed E-state index contributed by atoms with van der Waals surface area (Å²) in [5, 5.41) is 0. The first kappa shape index (κ1) is 21.0. The number of methoxy groups -OCH3 is 1. The van der Waals surface area contributed by atoms with Crippen molar-refractivity contribution in [2.75, 3.05) is 7.11 Å². The van der Waals surface area contributed by atoms with Gasteiger partial charge in [0.25, 0.3) is 0 Å². The summed E-state index contributed by atoms with van der Waals surface area (Å²) in [6.45, 7) is 8.49. The second-order valence-electron chi connectivity index (χ2n) is 4.05. The van der Waals surface area contributed by atoms with Crippen LogP contribution >= 0.6 is 0 Å². The maximum Gasteiger partial charge on any atom is 0.471 e. The number of rotatable bonds is 5. The molecule has 4 nitrogen and oxygen atoms in total. The molecule has 0 aromatic rings. The lowest BCUT2D eigenvalue weighted by Gasteiger charge is -2.33. The minimum Gasteiger partial charge on any atom is -0.467 e. The fraction of sp³-hybridized carbons (Fsp3) is 0.846. The molecule has 0 aliphatic heterocycles. The van der Waals surface area contributed by atoms with Gasteiger partial charge >= 0.3 is 18.1 Å². The number of hydrogen-bond acceptors (Lipinski definition) is 3. The number of nitrogens with zero attached hydrogens (tertiary/aromatic N) is 1. The van der Waals surface area contributed by atoms with Crippen molar-refractivity contribution >= 4 is 11.9 Å². The van der Waals surface area contributed by atoms with Crippen molar-refractivity contribution in [3.8, 4) is 0 Å². The Kier molecular flexibility index (Phi) is 10.1. The molecule has 20 heavy (non-hydrogen) atoms. The molecule has 0 saturated heterocycles. The van der Waals surface area contributed by atoms with Crippen molar-refractivity contribution < 1.29 is 27.5 Å². The van der Waals surface area contributed by atoms with E-state index in [-0.39, 0.29) is 0 Å². The lowest BCUT2D eigenvalue weighted by atomic mass is 10.1. The number of alkyl halides is 3. The first-order chi connectivity index (χ1) is 9.16. The zero-order chi connectivity index (χ0) is 16.5. The number of carbonyl (C=O) groups is 2. The van der Waals surface area contributed by atoms with Crippen LogP contribution in [0, 0.1) is 0 Å². The summed E-state index contributed by atoms with van der Waals surface area (Å²) in [5.41, 5.74) is 0. The third kappa shape index (κ3) is 6.25. The summed E-state index contributed by atoms with van der Waals surface area (Å²) in [6, 6.07) is -1.94. The topological polar surface area (TPSA) is 46.6 Å². The Balaban J connectivity index is 0. The molecule has 0 spiro atoms. The zero-order valence-electron chi connectivity index (χ0n) is 12.9. The molecule has 0 bridgehead atoms. The van der Waals surface area contributed by atoms with Gasteiger partial charge in [-0.05, 0) is 20.3 Å². The van der Waals surface area contributed by atoms with Gasteiger partial charge in [0.1, 0.15) is 6.04 Å². The molecule has 0 fully saturated rings. The Labute approximate surface area is 118 Å². The summed E-state index contributed by atoms with van der Waals surface area (Å²) in [5.74, 6) is -2.88. The van der Waals surface area contributed by atoms with Gasteiger partial charge in [0, 0.05) is 6.04 Å². The van der Waals surface area contributed by atoms with E-state index in [2.05, 4.69) is 4.74 Å². The molecule has 0 aliphatic rings. The Bertz CT molecular complexity index is 306. The average molecular weight is 299 g/mol. The number of esters is 1. The number of ether oxygens (including phenoxy) is 1. The summed E-state index contributed by atoms with van der Waals surface area (Å²) >= 11 is 0. The Morgan fingerprint density at radius 2 is 1.65 bits per heavy atom. The second kappa shape index (κ2) is 9.61. The van der Waals surface area contributed by atoms with Gasteiger partial charge in [0.15, 0.2) is 0 Å². The molecule has 7 heteroatoms. The van der Waals surface area contributed by atoms with Gasteiger partial charge in [0.2, 0.25) is 0 Å². The average Bonchev–Trinajstić information content (AvgIpc) is 2.39. The molecule has 0 aromatic carbocycles. The van der Waals surface area contributed by atoms with Crippen LogP contribution in [-0.4, -0.2) is 42.1 Å². The quantitative estimate of drug-likeness (QED) is 0.733. The Morgan fingerprint density at radius 3 is 1.95 bits per heavy atom. The highest BCUT2D eigenvalue weighted by Crippen LogP contribution is 2.23. The summed E-state index contributed by atoms with van der Waals surface area (Å²) in [4.78, 5) is 23.2. The molecular formula is C13H24F3NO3. The molecule has 0 rings (SSSR count). The standard InChI is InChI=1S/C11H18F3NO3.C2H6/c1-5-6-7(2)15(8(3)9(16)18-4)10(17)11(12,13)14;1-2/h7-8H,5-6H2,1-4H3;1-2H3/t7?,8-;/m0./s1. The third-order valence-corrected chi connectivity index (χ3v) is 2.62. The molecule has 1 unspecified atom stereocenters. The fourth-order valence-corrected chi connectivity index (χ4v) is 1.75. The zero-order valence-corrected chi connectivity index (χ0v) is 12.9. The third-order valence-electron chi connectivity index (χ3n) is 2.62. The normalized spacial score (nSPS) is 13.7. The predicted molar refractivity (Wildman–Crippen MR) is 70.1 cm³/mol. The van der Waals surface area contributed by atoms with Crippen LogP contribution in [0.4, 0.5) is 13.2 Å². The van der Waals surface area contributed by atoms with E-state index in [1.165, 1.54) is 13.8 Å². The molecule has 0 aromatic heterocycles. The Morgan fingerprint density at radius 1 is 1.20 bits per heavy atom. The molecule has 120 valence electrons. The maximum absolute atomic E-state index is 12.5. The van der Waals surface area contributed by atoms with Crippen LogP contribution in [0.2, 0.25) is 0 Å². The van der Waals surface area contributed by atoms with E-state index in [0.717, 1.165) is 7.11 Å². The van der Waals surface area contributed by atoms with Gasteiger partial charge in [-0.15, -0.1) is 0 Å². The lowest BCUT2D eigenvalue weighted by molar-refractivity contribution is -0.192. The monoisotopic (exact) mass is 299 g/mol. The van der Waals surface area contributed by atoms with Crippen LogP contribution in [0.1, 0.15) is 47.5 Å². The van der Waals surface area contributed by atoms with E-state index in [1.807, 2.05) is 13.8 Å². The largest absolute Gasteiger partial charge is 0.471 e. The van der Waals surface area contributed by atoms with Crippen LogP contribution in [-0.2, 0) is 14.3 Å². The van der Waals surface area contributed by atoms with Gasteiger partial charge in [-0.25, -0.2) is 4.79 Å². The molecule has 0 N–H and O–H groups in total. The predicted octanol–water partition coefficient (Wildman–Crippen LogP) is 3.15. The van der Waals surface area contributed by atoms with Crippen LogP contribution in [0.15, 0.2) is 0 Å². The van der Waals surface area contributed by atoms with Crippen molar-refractivity contribution in [2.45, 2.75) is 65.7 Å². The molecule has 0 radical (unpaired) electrons. The van der Waals surface area contributed by atoms with Gasteiger partial charge < -0.3 is 9.64 Å². The number of halogens is 3. The van der Waals surface area contributed by atoms with Crippen molar-refractivity contribution in [3.63, 3.8) is 0 Å². The van der Waals surface area contributed by atoms with E-state index in [4.69, 9.17) is 0 Å². The van der Waals surface area contributed by atoms with E-state index in [1.54, 1.807) is 6.92 Å². The summed E-state index contributed by atoms with van der Waals surface area (Å²) in [7, 11) is 1.07. The highest BCUT2D eigenvalue weighted by Gasteiger charge is 2.46. The molecule has 0 saturated carbocycles. The smallest absolute Gasteiger partial charge is 0.467 e. The summed E-state index contributed by atoms with van der Waals surface area (Å²) < 4.78 is 41.8. The van der Waals surface area contributed by atoms with Crippen molar-refractivity contribution in [3.05, 3.63) is 0 Å². The maximum atomic E-state index is 12.5. The first-order valence-corrected chi connectivity index (χ1v) is 6.64. The summed E-state index contributed by atoms with van der Waals surface area (Å²) in [6.07, 6.45) is -4.01. The minimum atomic E-state index is -5.00. The number of amides is 1. The molecule has 1 amide bonds. The number of hydrogen-bond donors (Lipinski definition) is 0. The van der Waals surface area contributed by atoms with E-state index in [0.29, 0.717) is 17.7 Å². The highest BCUT2D eigenvalue weighted by atomic mass is 19.4. The van der Waals surface area contributed by atoms with E-state index < -0.39 is 30.1 Å². The molecule has 0 aliphatic carbocycles. The highest BCUT2D eigenvalue weighted by molar-refractivity contribution is 5.87. The lowest BCUT2D eigenvalue weighted by Crippen LogP contribution is -2.53. The molecule has 0 heterocycles. The van der Waals surface area contributed by atoms with Crippen LogP contribution in [0.5, 0.6) is 0 Å². The van der Waals surface area contributed by atoms with E-state index >= 15 is 0 Å². The number of carbonyl (C=O) groups excluding carboxylic acids is 2. The molecule has 2 atom stereocenters. The van der Waals surface area contributed by atoms with Crippen molar-refractivity contribution in [1.29, 1.82) is 0 Å². The van der Waals surface area contributed by atoms with Crippen molar-refractivity contribution in [1.82, 2.24) is 4.90 Å². The fourth-order valence-electron chi connectivity index (χ4n) is 1.75. The Hall–Kier alpha value is -1.27. The van der Waals surface area contributed by atoms with Gasteiger partial charge in [-0.3, -0.25) is 4.79 Å². The van der Waals surface area contributed by atoms with Crippen molar-refractivity contribution in [2.24, 2.45) is 0 Å². The minimum absolute atomic E-state index is 0.378. The van der Waals surface area contributed by atoms with Gasteiger partial charge in [-0.2, -0.15) is 13.2 Å². The second-order valence-corrected chi connectivity index (χ2v) is 4.05.